The first-order valence-electron chi connectivity index (χ1n) is 20.2. The Morgan fingerprint density at radius 1 is 0.948 bits per heavy atom. The lowest BCUT2D eigenvalue weighted by atomic mass is 9.79. The Kier molecular flexibility index (Phi) is 12.0. The summed E-state index contributed by atoms with van der Waals surface area (Å²) in [7, 11) is 1.43. The lowest BCUT2D eigenvalue weighted by Gasteiger charge is -2.36. The van der Waals surface area contributed by atoms with E-state index in [1.807, 2.05) is 0 Å². The minimum atomic E-state index is -1.95. The molecule has 4 bridgehead atoms. The van der Waals surface area contributed by atoms with E-state index in [9.17, 15) is 34.8 Å². The van der Waals surface area contributed by atoms with Gasteiger partial charge in [-0.3, -0.25) is 24.4 Å². The van der Waals surface area contributed by atoms with Crippen LogP contribution in [0.15, 0.2) is 46.1 Å². The van der Waals surface area contributed by atoms with Gasteiger partial charge in [-0.25, -0.2) is 0 Å². The van der Waals surface area contributed by atoms with E-state index < -0.39 is 70.9 Å². The summed E-state index contributed by atoms with van der Waals surface area (Å²) in [4.78, 5) is 54.7. The largest absolute Gasteiger partial charge is 0.507 e. The minimum absolute atomic E-state index is 0.0367. The van der Waals surface area contributed by atoms with Crippen molar-refractivity contribution in [2.45, 2.75) is 105 Å². The second-order valence-electron chi connectivity index (χ2n) is 17.1. The highest BCUT2D eigenvalue weighted by Gasteiger charge is 2.50. The third kappa shape index (κ3) is 7.55. The summed E-state index contributed by atoms with van der Waals surface area (Å²) in [6.07, 6.45) is 5.64. The van der Waals surface area contributed by atoms with Crippen molar-refractivity contribution in [3.8, 4) is 17.2 Å². The van der Waals surface area contributed by atoms with Crippen molar-refractivity contribution in [1.82, 2.24) is 4.90 Å². The maximum Gasteiger partial charge on any atom is 0.312 e. The number of piperidine rings is 1. The molecule has 58 heavy (non-hydrogen) atoms. The normalized spacial score (nSPS) is 32.6. The number of aromatic hydroxyl groups is 2. The number of carbonyl (C=O) groups is 3. The topological polar surface area (TPSA) is 200 Å². The number of nitrogens with zero attached hydrogens (tertiary/aromatic N) is 3. The van der Waals surface area contributed by atoms with Crippen LogP contribution in [0, 0.1) is 36.5 Å². The van der Waals surface area contributed by atoms with E-state index in [0.717, 1.165) is 6.54 Å². The molecule has 1 spiro atoms. The Morgan fingerprint density at radius 3 is 2.24 bits per heavy atom. The number of nitrogens with one attached hydrogen (secondary N) is 1. The molecule has 0 unspecified atom stereocenters. The number of fused-ring (bicyclic) bond motifs is 1. The van der Waals surface area contributed by atoms with E-state index in [4.69, 9.17) is 24.2 Å². The standard InChI is InChI=1S/C44H58N4O10/c1-21(2)20-48-17-15-44(16-18-48)46-32-29-30-38(52)27(8)40-31(29)41(54)43(9,58-40)57-19-14-28(56-10)24(5)36(50)26(7)37(51)25(6)35(49)22(3)12-11-13-23(4)42(55)45-34(39(30)53)33(32)47-44/h11-14,19,21-22,24-26,28,35,37,49,51-53H,15-18,20H2,1-10H3,(H,45,55)/b12-11+,19-14+,23-13-/t22-,24+,25+,26-,28-,35-,37+,43-/m0/s1. The number of ether oxygens (including phenoxy) is 3. The van der Waals surface area contributed by atoms with Crippen molar-refractivity contribution in [2.75, 3.05) is 32.1 Å². The van der Waals surface area contributed by atoms with Crippen LogP contribution < -0.4 is 20.8 Å². The number of phenolic OH excluding ortho intramolecular Hbond substituents is 2. The highest BCUT2D eigenvalue weighted by molar-refractivity contribution is 6.19. The van der Waals surface area contributed by atoms with Gasteiger partial charge in [0.1, 0.15) is 28.3 Å². The summed E-state index contributed by atoms with van der Waals surface area (Å²) in [5.41, 5.74) is -0.560. The number of hydrogen-bond acceptors (Lipinski definition) is 13. The van der Waals surface area contributed by atoms with Gasteiger partial charge in [-0.1, -0.05) is 59.8 Å². The van der Waals surface area contributed by atoms with Crippen LogP contribution in [0.4, 0.5) is 5.69 Å². The number of aliphatic hydroxyl groups is 2. The third-order valence-electron chi connectivity index (χ3n) is 12.4. The van der Waals surface area contributed by atoms with Crippen LogP contribution in [0.3, 0.4) is 0 Å². The van der Waals surface area contributed by atoms with Crippen molar-refractivity contribution in [3.63, 3.8) is 0 Å². The van der Waals surface area contributed by atoms with E-state index in [0.29, 0.717) is 31.8 Å². The lowest BCUT2D eigenvalue weighted by molar-refractivity contribution is -0.135. The second-order valence-corrected chi connectivity index (χ2v) is 17.1. The maximum atomic E-state index is 14.6. The van der Waals surface area contributed by atoms with Crippen molar-refractivity contribution in [2.24, 2.45) is 39.6 Å². The molecule has 8 atom stereocenters. The van der Waals surface area contributed by atoms with Gasteiger partial charge in [0.05, 0.1) is 40.9 Å². The molecule has 314 valence electrons. The summed E-state index contributed by atoms with van der Waals surface area (Å²) < 4.78 is 17.9. The van der Waals surface area contributed by atoms with Crippen LogP contribution in [0.25, 0.3) is 10.8 Å². The Morgan fingerprint density at radius 2 is 1.60 bits per heavy atom. The number of likely N-dealkylation sites (tertiary alicyclic amines) is 1. The third-order valence-corrected chi connectivity index (χ3v) is 12.4. The predicted molar refractivity (Wildman–Crippen MR) is 217 cm³/mol. The van der Waals surface area contributed by atoms with E-state index in [1.165, 1.54) is 26.4 Å². The molecule has 0 aliphatic carbocycles. The molecule has 4 heterocycles. The Hall–Kier alpha value is -4.63. The zero-order valence-corrected chi connectivity index (χ0v) is 35.1. The second kappa shape index (κ2) is 16.2. The van der Waals surface area contributed by atoms with Gasteiger partial charge in [0.2, 0.25) is 0 Å². The fourth-order valence-corrected chi connectivity index (χ4v) is 8.64. The summed E-state index contributed by atoms with van der Waals surface area (Å²) >= 11 is 0. The van der Waals surface area contributed by atoms with Gasteiger partial charge in [-0.15, -0.1) is 0 Å². The van der Waals surface area contributed by atoms with Gasteiger partial charge >= 0.3 is 5.79 Å². The van der Waals surface area contributed by atoms with Crippen LogP contribution in [-0.4, -0.2) is 99.3 Å². The number of ketones is 2. The molecular formula is C44H58N4O10. The number of amides is 1. The molecule has 14 nitrogen and oxygen atoms in total. The van der Waals surface area contributed by atoms with Gasteiger partial charge in [0, 0.05) is 86.7 Å². The Balaban J connectivity index is 1.54. The van der Waals surface area contributed by atoms with Gasteiger partial charge in [0.15, 0.2) is 11.4 Å². The van der Waals surface area contributed by atoms with E-state index in [1.54, 1.807) is 59.8 Å². The zero-order chi connectivity index (χ0) is 42.6. The maximum absolute atomic E-state index is 14.6. The first kappa shape index (κ1) is 43.0. The first-order chi connectivity index (χ1) is 27.3. The van der Waals surface area contributed by atoms with Gasteiger partial charge < -0.3 is 44.9 Å². The highest BCUT2D eigenvalue weighted by Crippen LogP contribution is 2.50. The average molecular weight is 803 g/mol. The van der Waals surface area contributed by atoms with Crippen molar-refractivity contribution in [3.05, 3.63) is 58.0 Å². The minimum Gasteiger partial charge on any atom is -0.507 e. The fraction of sp³-hybridized carbons (Fsp3) is 0.568. The number of benzene rings is 2. The number of hydrogen-bond donors (Lipinski definition) is 5. The number of carbonyl (C=O) groups excluding carboxylic acids is 3. The summed E-state index contributed by atoms with van der Waals surface area (Å²) in [5.74, 6) is -6.58. The summed E-state index contributed by atoms with van der Waals surface area (Å²) in [6, 6.07) is 0. The molecule has 1 fully saturated rings. The van der Waals surface area contributed by atoms with Crippen LogP contribution in [0.1, 0.15) is 84.2 Å². The molecular weight excluding hydrogens is 745 g/mol. The Bertz CT molecular complexity index is 2220. The number of methoxy groups -OCH3 is 1. The predicted octanol–water partition coefficient (Wildman–Crippen LogP) is 4.39. The molecule has 0 saturated carbocycles. The molecule has 4 aliphatic heterocycles. The SMILES string of the molecule is CO[C@H]1/C=C/O[C@@]2(C)Oc3c(C)c(O)c4c(O)c(c5c(c4c3C2=O)=NC2(CCN(CC(C)C)CC2)N=5)NC(=O)/C(C)=C\C=C\[C@H](C)[C@H](O)[C@@H](C)[C@@H](O)[C@@H](C)C(=O)[C@@H]1C. The molecule has 1 saturated heterocycles. The number of phenols is 2. The number of rotatable bonds is 3. The van der Waals surface area contributed by atoms with Crippen LogP contribution >= 0.6 is 0 Å². The van der Waals surface area contributed by atoms with Gasteiger partial charge in [-0.2, -0.15) is 0 Å². The molecule has 1 amide bonds. The molecule has 2 aromatic carbocycles. The smallest absolute Gasteiger partial charge is 0.312 e. The molecule has 0 aromatic heterocycles. The van der Waals surface area contributed by atoms with E-state index in [-0.39, 0.29) is 61.2 Å². The summed E-state index contributed by atoms with van der Waals surface area (Å²) in [6.45, 7) is 17.9. The highest BCUT2D eigenvalue weighted by atomic mass is 16.7. The monoisotopic (exact) mass is 802 g/mol. The molecule has 0 radical (unpaired) electrons. The number of allylic oxidation sites excluding steroid dienone is 2. The Labute approximate surface area is 339 Å². The fourth-order valence-electron chi connectivity index (χ4n) is 8.64. The molecule has 14 heteroatoms. The van der Waals surface area contributed by atoms with Crippen LogP contribution in [-0.2, 0) is 19.1 Å². The van der Waals surface area contributed by atoms with Crippen LogP contribution in [0.5, 0.6) is 17.2 Å². The molecule has 2 aromatic rings. The van der Waals surface area contributed by atoms with Crippen molar-refractivity contribution in [1.29, 1.82) is 0 Å². The number of anilines is 1. The van der Waals surface area contributed by atoms with Crippen molar-refractivity contribution < 1.29 is 49.0 Å². The first-order valence-corrected chi connectivity index (χ1v) is 20.2. The van der Waals surface area contributed by atoms with E-state index in [2.05, 4.69) is 24.1 Å². The van der Waals surface area contributed by atoms with E-state index >= 15 is 0 Å². The van der Waals surface area contributed by atoms with Gasteiger partial charge in [-0.05, 0) is 25.8 Å². The van der Waals surface area contributed by atoms with Crippen molar-refractivity contribution >= 4 is 33.9 Å². The zero-order valence-electron chi connectivity index (χ0n) is 35.1. The molecule has 6 rings (SSSR count). The summed E-state index contributed by atoms with van der Waals surface area (Å²) in [5, 5.41) is 49.5. The quantitative estimate of drug-likeness (QED) is 0.276. The average Bonchev–Trinajstić information content (AvgIpc) is 3.69. The van der Waals surface area contributed by atoms with Gasteiger partial charge in [0.25, 0.3) is 11.7 Å². The lowest BCUT2D eigenvalue weighted by Crippen LogP contribution is -2.43. The number of Topliss-reactive ketones (excluding diaryl/α,β-unsaturated/α-hetero) is 2. The molecule has 5 N–H and O–H groups in total. The molecule has 4 aliphatic rings. The van der Waals surface area contributed by atoms with Crippen LogP contribution in [0.2, 0.25) is 0 Å². The number of aliphatic hydroxyl groups excluding tert-OH is 2.